The average Bonchev–Trinajstić information content (AvgIpc) is 2.31. The van der Waals surface area contributed by atoms with Crippen molar-refractivity contribution in [3.05, 3.63) is 0 Å². The van der Waals surface area contributed by atoms with E-state index in [0.29, 0.717) is 5.92 Å². The second-order valence-electron chi connectivity index (χ2n) is 5.18. The van der Waals surface area contributed by atoms with Gasteiger partial charge in [-0.25, -0.2) is 0 Å². The molecule has 0 spiro atoms. The third kappa shape index (κ3) is 4.64. The topological polar surface area (TPSA) is 18.5 Å². The SMILES string of the molecule is CCCC(C)COCC1(CS)CCOCC1. The molecule has 16 heavy (non-hydrogen) atoms. The normalized spacial score (nSPS) is 21.9. The summed E-state index contributed by atoms with van der Waals surface area (Å²) in [6.07, 6.45) is 4.70. The molecule has 96 valence electrons. The van der Waals surface area contributed by atoms with Crippen LogP contribution in [0, 0.1) is 11.3 Å². The van der Waals surface area contributed by atoms with Crippen molar-refractivity contribution in [2.24, 2.45) is 11.3 Å². The molecule has 0 aromatic heterocycles. The van der Waals surface area contributed by atoms with Gasteiger partial charge in [-0.15, -0.1) is 0 Å². The van der Waals surface area contributed by atoms with Gasteiger partial charge in [-0.05, 0) is 30.9 Å². The molecule has 0 radical (unpaired) electrons. The Balaban J connectivity index is 2.22. The van der Waals surface area contributed by atoms with Gasteiger partial charge < -0.3 is 9.47 Å². The first-order valence-electron chi connectivity index (χ1n) is 6.49. The van der Waals surface area contributed by atoms with Gasteiger partial charge in [0.05, 0.1) is 6.61 Å². The molecule has 1 fully saturated rings. The number of thiol groups is 1. The Morgan fingerprint density at radius 2 is 2.06 bits per heavy atom. The predicted octanol–water partition coefficient (Wildman–Crippen LogP) is 3.17. The summed E-state index contributed by atoms with van der Waals surface area (Å²) in [5, 5.41) is 0. The van der Waals surface area contributed by atoms with Gasteiger partial charge in [0.25, 0.3) is 0 Å². The lowest BCUT2D eigenvalue weighted by Gasteiger charge is -2.35. The van der Waals surface area contributed by atoms with Gasteiger partial charge >= 0.3 is 0 Å². The van der Waals surface area contributed by atoms with E-state index in [9.17, 15) is 0 Å². The standard InChI is InChI=1S/C13H26O2S/c1-3-4-12(2)9-15-10-13(11-16)5-7-14-8-6-13/h12,16H,3-11H2,1-2H3. The fraction of sp³-hybridized carbons (Fsp3) is 1.00. The molecule has 3 heteroatoms. The van der Waals surface area contributed by atoms with Crippen LogP contribution in [0.15, 0.2) is 0 Å². The Hall–Kier alpha value is 0.270. The van der Waals surface area contributed by atoms with Crippen LogP contribution >= 0.6 is 12.6 Å². The Kier molecular flexibility index (Phi) is 6.78. The Labute approximate surface area is 105 Å². The van der Waals surface area contributed by atoms with Gasteiger partial charge in [-0.3, -0.25) is 0 Å². The van der Waals surface area contributed by atoms with E-state index < -0.39 is 0 Å². The van der Waals surface area contributed by atoms with E-state index in [-0.39, 0.29) is 5.41 Å². The zero-order valence-corrected chi connectivity index (χ0v) is 11.6. The number of rotatable bonds is 7. The summed E-state index contributed by atoms with van der Waals surface area (Å²) in [7, 11) is 0. The molecule has 0 amide bonds. The van der Waals surface area contributed by atoms with E-state index >= 15 is 0 Å². The number of hydrogen-bond donors (Lipinski definition) is 1. The fourth-order valence-electron chi connectivity index (χ4n) is 2.21. The molecule has 0 aromatic rings. The van der Waals surface area contributed by atoms with E-state index in [1.807, 2.05) is 0 Å². The fourth-order valence-corrected chi connectivity index (χ4v) is 2.61. The lowest BCUT2D eigenvalue weighted by atomic mass is 9.83. The van der Waals surface area contributed by atoms with E-state index in [1.54, 1.807) is 0 Å². The van der Waals surface area contributed by atoms with Gasteiger partial charge in [0, 0.05) is 25.2 Å². The molecule has 1 aliphatic rings. The zero-order valence-electron chi connectivity index (χ0n) is 10.7. The molecule has 1 rings (SSSR count). The van der Waals surface area contributed by atoms with Crippen molar-refractivity contribution in [1.82, 2.24) is 0 Å². The van der Waals surface area contributed by atoms with Gasteiger partial charge in [-0.2, -0.15) is 12.6 Å². The number of hydrogen-bond acceptors (Lipinski definition) is 3. The molecule has 0 aromatic carbocycles. The van der Waals surface area contributed by atoms with Crippen molar-refractivity contribution in [2.45, 2.75) is 39.5 Å². The highest BCUT2D eigenvalue weighted by Gasteiger charge is 2.31. The Bertz CT molecular complexity index is 179. The first-order chi connectivity index (χ1) is 7.72. The molecule has 0 bridgehead atoms. The van der Waals surface area contributed by atoms with E-state index in [1.165, 1.54) is 12.8 Å². The predicted molar refractivity (Wildman–Crippen MR) is 71.2 cm³/mol. The molecule has 1 unspecified atom stereocenters. The maximum atomic E-state index is 5.88. The van der Waals surface area contributed by atoms with Crippen molar-refractivity contribution in [2.75, 3.05) is 32.2 Å². The van der Waals surface area contributed by atoms with Crippen LogP contribution in [0.3, 0.4) is 0 Å². The molecular formula is C13H26O2S. The van der Waals surface area contributed by atoms with Crippen LogP contribution in [0.1, 0.15) is 39.5 Å². The highest BCUT2D eigenvalue weighted by Crippen LogP contribution is 2.32. The largest absolute Gasteiger partial charge is 0.381 e. The molecular weight excluding hydrogens is 220 g/mol. The Morgan fingerprint density at radius 1 is 1.38 bits per heavy atom. The summed E-state index contributed by atoms with van der Waals surface area (Å²) in [6, 6.07) is 0. The van der Waals surface area contributed by atoms with Crippen molar-refractivity contribution < 1.29 is 9.47 Å². The second kappa shape index (κ2) is 7.57. The van der Waals surface area contributed by atoms with Crippen molar-refractivity contribution in [3.8, 4) is 0 Å². The monoisotopic (exact) mass is 246 g/mol. The van der Waals surface area contributed by atoms with Gasteiger partial charge in [0.1, 0.15) is 0 Å². The summed E-state index contributed by atoms with van der Waals surface area (Å²) in [4.78, 5) is 0. The average molecular weight is 246 g/mol. The zero-order chi connectivity index (χ0) is 11.9. The van der Waals surface area contributed by atoms with Crippen LogP contribution in [-0.4, -0.2) is 32.2 Å². The lowest BCUT2D eigenvalue weighted by molar-refractivity contribution is -0.0335. The van der Waals surface area contributed by atoms with Gasteiger partial charge in [0.15, 0.2) is 0 Å². The highest BCUT2D eigenvalue weighted by atomic mass is 32.1. The van der Waals surface area contributed by atoms with Crippen LogP contribution in [0.2, 0.25) is 0 Å². The first-order valence-corrected chi connectivity index (χ1v) is 7.12. The maximum Gasteiger partial charge on any atom is 0.0532 e. The van der Waals surface area contributed by atoms with E-state index in [2.05, 4.69) is 26.5 Å². The lowest BCUT2D eigenvalue weighted by Crippen LogP contribution is -2.36. The van der Waals surface area contributed by atoms with Gasteiger partial charge in [-0.1, -0.05) is 20.3 Å². The molecule has 2 nitrogen and oxygen atoms in total. The Morgan fingerprint density at radius 3 is 2.62 bits per heavy atom. The molecule has 0 saturated carbocycles. The number of ether oxygens (including phenoxy) is 2. The van der Waals surface area contributed by atoms with Crippen molar-refractivity contribution in [1.29, 1.82) is 0 Å². The highest BCUT2D eigenvalue weighted by molar-refractivity contribution is 7.80. The van der Waals surface area contributed by atoms with Crippen molar-refractivity contribution >= 4 is 12.6 Å². The quantitative estimate of drug-likeness (QED) is 0.696. The summed E-state index contributed by atoms with van der Waals surface area (Å²) in [5.74, 6) is 1.60. The second-order valence-corrected chi connectivity index (χ2v) is 5.50. The molecule has 1 heterocycles. The smallest absolute Gasteiger partial charge is 0.0532 e. The molecule has 0 N–H and O–H groups in total. The maximum absolute atomic E-state index is 5.88. The summed E-state index contributed by atoms with van der Waals surface area (Å²) in [5.41, 5.74) is 0.271. The van der Waals surface area contributed by atoms with Crippen LogP contribution in [0.25, 0.3) is 0 Å². The molecule has 1 aliphatic heterocycles. The van der Waals surface area contributed by atoms with Crippen LogP contribution in [-0.2, 0) is 9.47 Å². The summed E-state index contributed by atoms with van der Waals surface area (Å²) in [6.45, 7) is 7.98. The third-order valence-electron chi connectivity index (χ3n) is 3.48. The molecule has 1 saturated heterocycles. The minimum atomic E-state index is 0.271. The minimum Gasteiger partial charge on any atom is -0.381 e. The molecule has 1 atom stereocenters. The summed E-state index contributed by atoms with van der Waals surface area (Å²) < 4.78 is 11.3. The van der Waals surface area contributed by atoms with Crippen LogP contribution in [0.5, 0.6) is 0 Å². The summed E-state index contributed by atoms with van der Waals surface area (Å²) >= 11 is 4.48. The molecule has 0 aliphatic carbocycles. The van der Waals surface area contributed by atoms with Crippen LogP contribution < -0.4 is 0 Å². The van der Waals surface area contributed by atoms with Gasteiger partial charge in [0.2, 0.25) is 0 Å². The van der Waals surface area contributed by atoms with Crippen LogP contribution in [0.4, 0.5) is 0 Å². The third-order valence-corrected chi connectivity index (χ3v) is 4.15. The van der Waals surface area contributed by atoms with E-state index in [4.69, 9.17) is 9.47 Å². The minimum absolute atomic E-state index is 0.271. The van der Waals surface area contributed by atoms with Crippen molar-refractivity contribution in [3.63, 3.8) is 0 Å². The van der Waals surface area contributed by atoms with E-state index in [0.717, 1.165) is 45.0 Å². The first kappa shape index (κ1) is 14.3.